The number of hydrogen-bond donors (Lipinski definition) is 2. The summed E-state index contributed by atoms with van der Waals surface area (Å²) in [4.78, 5) is 0. The van der Waals surface area contributed by atoms with Crippen LogP contribution in [0.4, 0.5) is 10.1 Å². The Morgan fingerprint density at radius 1 is 1.20 bits per heavy atom. The van der Waals surface area contributed by atoms with E-state index in [1.165, 1.54) is 22.9 Å². The van der Waals surface area contributed by atoms with Crippen LogP contribution in [-0.4, -0.2) is 6.54 Å². The maximum Gasteiger partial charge on any atom is 0.141 e. The Balaban J connectivity index is 1.63. The van der Waals surface area contributed by atoms with E-state index < -0.39 is 0 Å². The Labute approximate surface area is 123 Å². The van der Waals surface area contributed by atoms with Crippen LogP contribution in [0.1, 0.15) is 16.7 Å². The number of fused-ring (bicyclic) bond motifs is 1. The van der Waals surface area contributed by atoms with Gasteiger partial charge in [0.05, 0.1) is 5.02 Å². The molecule has 0 atom stereocenters. The first kappa shape index (κ1) is 13.4. The van der Waals surface area contributed by atoms with Gasteiger partial charge in [0.2, 0.25) is 0 Å². The van der Waals surface area contributed by atoms with Gasteiger partial charge in [-0.1, -0.05) is 35.9 Å². The Bertz CT molecular complexity index is 628. The maximum absolute atomic E-state index is 13.1. The lowest BCUT2D eigenvalue weighted by molar-refractivity contribution is 0.625. The molecule has 0 aromatic heterocycles. The van der Waals surface area contributed by atoms with Crippen LogP contribution in [-0.2, 0) is 19.5 Å². The van der Waals surface area contributed by atoms with Gasteiger partial charge in [0.15, 0.2) is 0 Å². The average molecular weight is 291 g/mol. The summed E-state index contributed by atoms with van der Waals surface area (Å²) in [6.07, 6.45) is 1.09. The summed E-state index contributed by atoms with van der Waals surface area (Å²) in [5.74, 6) is -0.375. The van der Waals surface area contributed by atoms with Crippen molar-refractivity contribution in [2.24, 2.45) is 0 Å². The van der Waals surface area contributed by atoms with Crippen LogP contribution >= 0.6 is 11.6 Å². The molecular formula is C16H16ClFN2. The fraction of sp³-hybridized carbons (Fsp3) is 0.250. The second-order valence-electron chi connectivity index (χ2n) is 4.98. The molecule has 104 valence electrons. The normalized spacial score (nSPS) is 13.1. The minimum Gasteiger partial charge on any atom is -0.384 e. The maximum atomic E-state index is 13.1. The largest absolute Gasteiger partial charge is 0.384 e. The highest BCUT2D eigenvalue weighted by atomic mass is 35.5. The first-order valence-corrected chi connectivity index (χ1v) is 7.11. The van der Waals surface area contributed by atoms with Gasteiger partial charge in [0.1, 0.15) is 5.82 Å². The van der Waals surface area contributed by atoms with E-state index in [0.717, 1.165) is 25.1 Å². The van der Waals surface area contributed by atoms with Gasteiger partial charge in [-0.05, 0) is 35.2 Å². The Morgan fingerprint density at radius 3 is 2.95 bits per heavy atom. The second-order valence-corrected chi connectivity index (χ2v) is 5.39. The Hall–Kier alpha value is -1.58. The minimum absolute atomic E-state index is 0.173. The SMILES string of the molecule is Fc1ccc(CNCc2cccc3c2NCC3)cc1Cl. The summed E-state index contributed by atoms with van der Waals surface area (Å²) in [5, 5.41) is 6.97. The van der Waals surface area contributed by atoms with E-state index in [-0.39, 0.29) is 10.8 Å². The number of halogens is 2. The van der Waals surface area contributed by atoms with Crippen LogP contribution in [0.25, 0.3) is 0 Å². The number of para-hydroxylation sites is 1. The highest BCUT2D eigenvalue weighted by Crippen LogP contribution is 2.26. The molecule has 0 spiro atoms. The van der Waals surface area contributed by atoms with Crippen LogP contribution < -0.4 is 10.6 Å². The first-order chi connectivity index (χ1) is 9.74. The Kier molecular flexibility index (Phi) is 3.90. The molecule has 3 rings (SSSR count). The zero-order valence-corrected chi connectivity index (χ0v) is 11.8. The second kappa shape index (κ2) is 5.81. The fourth-order valence-electron chi connectivity index (χ4n) is 2.55. The number of hydrogen-bond acceptors (Lipinski definition) is 2. The third kappa shape index (κ3) is 2.79. The van der Waals surface area contributed by atoms with E-state index in [0.29, 0.717) is 6.54 Å². The van der Waals surface area contributed by atoms with Crippen LogP contribution in [0.3, 0.4) is 0 Å². The molecule has 0 amide bonds. The summed E-state index contributed by atoms with van der Waals surface area (Å²) >= 11 is 5.77. The van der Waals surface area contributed by atoms with E-state index in [1.807, 2.05) is 0 Å². The molecule has 1 heterocycles. The molecule has 0 saturated carbocycles. The standard InChI is InChI=1S/C16H16ClFN2/c17-14-8-11(4-5-15(14)18)9-19-10-13-3-1-2-12-6-7-20-16(12)13/h1-5,8,19-20H,6-7,9-10H2. The van der Waals surface area contributed by atoms with E-state index >= 15 is 0 Å². The van der Waals surface area contributed by atoms with Gasteiger partial charge in [-0.15, -0.1) is 0 Å². The topological polar surface area (TPSA) is 24.1 Å². The number of nitrogens with one attached hydrogen (secondary N) is 2. The lowest BCUT2D eigenvalue weighted by Gasteiger charge is -2.10. The third-order valence-corrected chi connectivity index (χ3v) is 3.85. The molecule has 0 unspecified atom stereocenters. The van der Waals surface area contributed by atoms with Crippen LogP contribution in [0.5, 0.6) is 0 Å². The summed E-state index contributed by atoms with van der Waals surface area (Å²) in [6, 6.07) is 11.2. The molecule has 2 aromatic rings. The molecule has 0 aliphatic carbocycles. The molecular weight excluding hydrogens is 275 g/mol. The third-order valence-electron chi connectivity index (χ3n) is 3.56. The summed E-state index contributed by atoms with van der Waals surface area (Å²) in [7, 11) is 0. The Morgan fingerprint density at radius 2 is 2.10 bits per heavy atom. The monoisotopic (exact) mass is 290 g/mol. The molecule has 0 bridgehead atoms. The molecule has 20 heavy (non-hydrogen) atoms. The summed E-state index contributed by atoms with van der Waals surface area (Å²) < 4.78 is 13.1. The van der Waals surface area contributed by atoms with Gasteiger partial charge < -0.3 is 10.6 Å². The molecule has 0 fully saturated rings. The van der Waals surface area contributed by atoms with Gasteiger partial charge in [0.25, 0.3) is 0 Å². The molecule has 1 aliphatic rings. The quantitative estimate of drug-likeness (QED) is 0.896. The predicted molar refractivity (Wildman–Crippen MR) is 80.6 cm³/mol. The molecule has 2 aromatic carbocycles. The van der Waals surface area contributed by atoms with Crippen LogP contribution in [0, 0.1) is 5.82 Å². The minimum atomic E-state index is -0.375. The van der Waals surface area contributed by atoms with Crippen molar-refractivity contribution in [3.8, 4) is 0 Å². The van der Waals surface area contributed by atoms with Gasteiger partial charge in [-0.3, -0.25) is 0 Å². The molecule has 0 radical (unpaired) electrons. The van der Waals surface area contributed by atoms with Crippen molar-refractivity contribution in [3.05, 3.63) is 63.9 Å². The van der Waals surface area contributed by atoms with E-state index in [9.17, 15) is 4.39 Å². The summed E-state index contributed by atoms with van der Waals surface area (Å²) in [5.41, 5.74) is 4.90. The summed E-state index contributed by atoms with van der Waals surface area (Å²) in [6.45, 7) is 2.47. The molecule has 0 saturated heterocycles. The lowest BCUT2D eigenvalue weighted by atomic mass is 10.1. The molecule has 4 heteroatoms. The van der Waals surface area contributed by atoms with Crippen molar-refractivity contribution in [2.75, 3.05) is 11.9 Å². The zero-order chi connectivity index (χ0) is 13.9. The van der Waals surface area contributed by atoms with Gasteiger partial charge in [0, 0.05) is 25.3 Å². The highest BCUT2D eigenvalue weighted by Gasteiger charge is 2.12. The van der Waals surface area contributed by atoms with Gasteiger partial charge in [-0.25, -0.2) is 4.39 Å². The van der Waals surface area contributed by atoms with Gasteiger partial charge in [-0.2, -0.15) is 0 Å². The smallest absolute Gasteiger partial charge is 0.141 e. The van der Waals surface area contributed by atoms with Crippen LogP contribution in [0.15, 0.2) is 36.4 Å². The van der Waals surface area contributed by atoms with Crippen molar-refractivity contribution < 1.29 is 4.39 Å². The fourth-order valence-corrected chi connectivity index (χ4v) is 2.75. The first-order valence-electron chi connectivity index (χ1n) is 6.73. The number of benzene rings is 2. The molecule has 1 aliphatic heterocycles. The predicted octanol–water partition coefficient (Wildman–Crippen LogP) is 3.74. The number of rotatable bonds is 4. The highest BCUT2D eigenvalue weighted by molar-refractivity contribution is 6.30. The molecule has 2 nitrogen and oxygen atoms in total. The average Bonchev–Trinajstić information content (AvgIpc) is 2.92. The van der Waals surface area contributed by atoms with Gasteiger partial charge >= 0.3 is 0 Å². The van der Waals surface area contributed by atoms with Crippen molar-refractivity contribution in [1.82, 2.24) is 5.32 Å². The van der Waals surface area contributed by atoms with Crippen LogP contribution in [0.2, 0.25) is 5.02 Å². The molecule has 2 N–H and O–H groups in total. The van der Waals surface area contributed by atoms with E-state index in [1.54, 1.807) is 12.1 Å². The van der Waals surface area contributed by atoms with E-state index in [2.05, 4.69) is 28.8 Å². The zero-order valence-electron chi connectivity index (χ0n) is 11.0. The van der Waals surface area contributed by atoms with E-state index in [4.69, 9.17) is 11.6 Å². The van der Waals surface area contributed by atoms with Crippen molar-refractivity contribution >= 4 is 17.3 Å². The van der Waals surface area contributed by atoms with Crippen molar-refractivity contribution in [1.29, 1.82) is 0 Å². The van der Waals surface area contributed by atoms with Crippen molar-refractivity contribution in [3.63, 3.8) is 0 Å². The van der Waals surface area contributed by atoms with Crippen molar-refractivity contribution in [2.45, 2.75) is 19.5 Å². The lowest BCUT2D eigenvalue weighted by Crippen LogP contribution is -2.13. The number of anilines is 1.